The van der Waals surface area contributed by atoms with E-state index >= 15 is 0 Å². The highest BCUT2D eigenvalue weighted by atomic mass is 32.2. The lowest BCUT2D eigenvalue weighted by Crippen LogP contribution is -2.49. The summed E-state index contributed by atoms with van der Waals surface area (Å²) in [4.78, 5) is 11.6. The summed E-state index contributed by atoms with van der Waals surface area (Å²) in [5.74, 6) is -0.406. The molecule has 4 nitrogen and oxygen atoms in total. The van der Waals surface area contributed by atoms with E-state index in [2.05, 4.69) is 6.92 Å². The Balaban J connectivity index is 4.42. The first-order chi connectivity index (χ1) is 7.37. The van der Waals surface area contributed by atoms with Gasteiger partial charge in [0.1, 0.15) is 0 Å². The van der Waals surface area contributed by atoms with Crippen molar-refractivity contribution in [1.82, 2.24) is 4.31 Å². The average molecular weight is 249 g/mol. The first-order valence-corrected chi connectivity index (χ1v) is 6.78. The lowest BCUT2D eigenvalue weighted by Gasteiger charge is -2.30. The molecule has 0 aromatic rings. The highest BCUT2D eigenvalue weighted by Crippen LogP contribution is 2.22. The number of carbonyl (C=O) groups is 1. The largest absolute Gasteiger partial charge is 0.597 e. The molecular formula is C11H23NO3S. The summed E-state index contributed by atoms with van der Waals surface area (Å²) in [7, 11) is 1.77. The summed E-state index contributed by atoms with van der Waals surface area (Å²) in [6, 6.07) is 0. The molecule has 16 heavy (non-hydrogen) atoms. The minimum Gasteiger partial charge on any atom is -0.597 e. The minimum absolute atomic E-state index is 0.318. The van der Waals surface area contributed by atoms with Crippen LogP contribution in [0.4, 0.5) is 0 Å². The van der Waals surface area contributed by atoms with Crippen LogP contribution in [0.3, 0.4) is 0 Å². The molecule has 0 radical (unpaired) electrons. The maximum atomic E-state index is 12.1. The van der Waals surface area contributed by atoms with Gasteiger partial charge in [0, 0.05) is 13.6 Å². The van der Waals surface area contributed by atoms with Crippen molar-refractivity contribution >= 4 is 17.3 Å². The van der Waals surface area contributed by atoms with Crippen molar-refractivity contribution < 1.29 is 14.1 Å². The number of carbonyl (C=O) groups excluding carboxylic acids is 1. The summed E-state index contributed by atoms with van der Waals surface area (Å²) >= 11 is -1.35. The molecule has 0 aromatic heterocycles. The Morgan fingerprint density at radius 3 is 2.44 bits per heavy atom. The summed E-state index contributed by atoms with van der Waals surface area (Å²) < 4.78 is 17.8. The van der Waals surface area contributed by atoms with Gasteiger partial charge >= 0.3 is 5.97 Å². The topological polar surface area (TPSA) is 52.6 Å². The van der Waals surface area contributed by atoms with Crippen LogP contribution < -0.4 is 0 Å². The zero-order valence-electron chi connectivity index (χ0n) is 10.9. The molecule has 0 aromatic carbocycles. The number of hydrogen-bond donors (Lipinski definition) is 0. The van der Waals surface area contributed by atoms with E-state index in [0.29, 0.717) is 6.61 Å². The molecule has 1 atom stereocenters. The molecule has 0 heterocycles. The fourth-order valence-corrected chi connectivity index (χ4v) is 2.51. The summed E-state index contributed by atoms with van der Waals surface area (Å²) in [5.41, 5.74) is 0. The van der Waals surface area contributed by atoms with Crippen LogP contribution in [0.2, 0.25) is 0 Å². The van der Waals surface area contributed by atoms with Gasteiger partial charge in [0.05, 0.1) is 18.0 Å². The second-order valence-electron chi connectivity index (χ2n) is 4.18. The Morgan fingerprint density at radius 1 is 1.44 bits per heavy atom. The smallest absolute Gasteiger partial charge is 0.364 e. The van der Waals surface area contributed by atoms with Crippen molar-refractivity contribution in [3.63, 3.8) is 0 Å². The van der Waals surface area contributed by atoms with Crippen molar-refractivity contribution in [3.05, 3.63) is 0 Å². The van der Waals surface area contributed by atoms with Gasteiger partial charge in [-0.1, -0.05) is 13.3 Å². The van der Waals surface area contributed by atoms with Gasteiger partial charge in [-0.05, 0) is 27.2 Å². The van der Waals surface area contributed by atoms with Gasteiger partial charge in [-0.3, -0.25) is 0 Å². The monoisotopic (exact) mass is 249 g/mol. The van der Waals surface area contributed by atoms with Crippen molar-refractivity contribution in [1.29, 1.82) is 0 Å². The third kappa shape index (κ3) is 4.31. The number of esters is 1. The molecule has 0 bridgehead atoms. The molecule has 0 amide bonds. The van der Waals surface area contributed by atoms with Gasteiger partial charge in [-0.15, -0.1) is 4.31 Å². The van der Waals surface area contributed by atoms with Crippen LogP contribution in [0.15, 0.2) is 0 Å². The highest BCUT2D eigenvalue weighted by molar-refractivity contribution is 7.91. The fourth-order valence-electron chi connectivity index (χ4n) is 1.23. The van der Waals surface area contributed by atoms with E-state index in [1.54, 1.807) is 32.1 Å². The Hall–Kier alpha value is -0.260. The molecule has 0 fully saturated rings. The molecule has 0 saturated heterocycles. The maximum absolute atomic E-state index is 12.1. The molecule has 0 N–H and O–H groups in total. The normalized spacial score (nSPS) is 13.9. The van der Waals surface area contributed by atoms with Gasteiger partial charge in [-0.2, -0.15) is 0 Å². The van der Waals surface area contributed by atoms with Gasteiger partial charge < -0.3 is 9.29 Å². The van der Waals surface area contributed by atoms with Gasteiger partial charge in [-0.25, -0.2) is 4.79 Å². The van der Waals surface area contributed by atoms with Crippen LogP contribution in [0.1, 0.15) is 40.5 Å². The second kappa shape index (κ2) is 7.14. The SMILES string of the molecule is CCCCN(C)[S+]([O-])C(C)(C)C(=O)OCC. The Labute approximate surface area is 102 Å². The molecule has 0 rings (SSSR count). The Morgan fingerprint density at radius 2 is 2.00 bits per heavy atom. The first-order valence-electron chi connectivity index (χ1n) is 5.68. The molecule has 0 aliphatic rings. The lowest BCUT2D eigenvalue weighted by atomic mass is 10.2. The molecule has 0 aliphatic carbocycles. The van der Waals surface area contributed by atoms with Crippen LogP contribution in [0, 0.1) is 0 Å². The predicted octanol–water partition coefficient (Wildman–Crippen LogP) is 1.72. The summed E-state index contributed by atoms with van der Waals surface area (Å²) in [6.07, 6.45) is 2.02. The van der Waals surface area contributed by atoms with Crippen molar-refractivity contribution in [2.75, 3.05) is 20.2 Å². The van der Waals surface area contributed by atoms with Crippen LogP contribution in [0.25, 0.3) is 0 Å². The molecule has 96 valence electrons. The first kappa shape index (κ1) is 15.7. The Bertz CT molecular complexity index is 221. The maximum Gasteiger partial charge on any atom is 0.364 e. The van der Waals surface area contributed by atoms with Crippen LogP contribution in [-0.4, -0.2) is 39.8 Å². The van der Waals surface area contributed by atoms with E-state index in [-0.39, 0.29) is 0 Å². The fraction of sp³-hybridized carbons (Fsp3) is 0.909. The van der Waals surface area contributed by atoms with Crippen molar-refractivity contribution in [3.8, 4) is 0 Å². The number of hydrogen-bond acceptors (Lipinski definition) is 4. The average Bonchev–Trinajstić information content (AvgIpc) is 2.24. The second-order valence-corrected chi connectivity index (χ2v) is 6.33. The van der Waals surface area contributed by atoms with Crippen LogP contribution >= 0.6 is 0 Å². The number of nitrogens with zero attached hydrogens (tertiary/aromatic N) is 1. The quantitative estimate of drug-likeness (QED) is 0.509. The van der Waals surface area contributed by atoms with E-state index in [9.17, 15) is 9.35 Å². The predicted molar refractivity (Wildman–Crippen MR) is 66.4 cm³/mol. The van der Waals surface area contributed by atoms with E-state index in [0.717, 1.165) is 19.4 Å². The third-order valence-corrected chi connectivity index (χ3v) is 4.10. The lowest BCUT2D eigenvalue weighted by molar-refractivity contribution is -0.145. The van der Waals surface area contributed by atoms with Crippen molar-refractivity contribution in [2.24, 2.45) is 0 Å². The zero-order chi connectivity index (χ0) is 12.8. The van der Waals surface area contributed by atoms with Crippen LogP contribution in [-0.2, 0) is 20.9 Å². The van der Waals surface area contributed by atoms with E-state index in [1.165, 1.54) is 0 Å². The Kier molecular flexibility index (Phi) is 7.03. The third-order valence-electron chi connectivity index (χ3n) is 2.31. The van der Waals surface area contributed by atoms with E-state index < -0.39 is 22.1 Å². The van der Waals surface area contributed by atoms with Crippen LogP contribution in [0.5, 0.6) is 0 Å². The molecule has 5 heteroatoms. The molecule has 1 unspecified atom stereocenters. The van der Waals surface area contributed by atoms with E-state index in [1.807, 2.05) is 0 Å². The summed E-state index contributed by atoms with van der Waals surface area (Å²) in [5, 5.41) is 0. The highest BCUT2D eigenvalue weighted by Gasteiger charge is 2.44. The van der Waals surface area contributed by atoms with Gasteiger partial charge in [0.15, 0.2) is 0 Å². The van der Waals surface area contributed by atoms with E-state index in [4.69, 9.17) is 4.74 Å². The van der Waals surface area contributed by atoms with Gasteiger partial charge in [0.2, 0.25) is 4.75 Å². The molecule has 0 saturated carbocycles. The van der Waals surface area contributed by atoms with Gasteiger partial charge in [0.25, 0.3) is 0 Å². The number of ether oxygens (including phenoxy) is 1. The molecule has 0 aliphatic heterocycles. The zero-order valence-corrected chi connectivity index (χ0v) is 11.7. The molecule has 0 spiro atoms. The minimum atomic E-state index is -1.35. The molecular weight excluding hydrogens is 226 g/mol. The number of unbranched alkanes of at least 4 members (excludes halogenated alkanes) is 1. The number of rotatable bonds is 7. The summed E-state index contributed by atoms with van der Waals surface area (Å²) in [6.45, 7) is 8.18. The standard InChI is InChI=1S/C11H23NO3S/c1-6-8-9-12(5)16(14)11(3,4)10(13)15-7-2/h6-9H2,1-5H3. The van der Waals surface area contributed by atoms with Crippen molar-refractivity contribution in [2.45, 2.75) is 45.3 Å².